The highest BCUT2D eigenvalue weighted by Crippen LogP contribution is 2.11. The zero-order chi connectivity index (χ0) is 18.2. The van der Waals surface area contributed by atoms with Crippen molar-refractivity contribution in [2.75, 3.05) is 17.2 Å². The molecule has 0 fully saturated rings. The Balaban J connectivity index is 1.84. The van der Waals surface area contributed by atoms with Crippen molar-refractivity contribution in [3.05, 3.63) is 59.9 Å². The number of hydrogen-bond acceptors (Lipinski definition) is 3. The van der Waals surface area contributed by atoms with Crippen molar-refractivity contribution in [3.8, 4) is 0 Å². The van der Waals surface area contributed by atoms with Gasteiger partial charge in [-0.2, -0.15) is 0 Å². The van der Waals surface area contributed by atoms with Crippen LogP contribution in [0.3, 0.4) is 0 Å². The average molecular weight is 343 g/mol. The molecule has 2 rings (SSSR count). The number of hydrogen-bond donors (Lipinski definition) is 3. The van der Waals surface area contributed by atoms with Gasteiger partial charge in [-0.05, 0) is 61.9 Å². The Morgan fingerprint density at radius 3 is 2.20 bits per heavy atom. The molecule has 132 valence electrons. The van der Waals surface area contributed by atoms with Crippen molar-refractivity contribution in [2.45, 2.75) is 26.3 Å². The number of benzene rings is 2. The van der Waals surface area contributed by atoms with E-state index >= 15 is 0 Å². The smallest absolute Gasteiger partial charge is 0.251 e. The molecule has 2 aromatic rings. The molecule has 6 heteroatoms. The number of amides is 2. The number of halogens is 1. The maximum atomic E-state index is 12.8. The summed E-state index contributed by atoms with van der Waals surface area (Å²) in [6.07, 6.45) is 0.862. The second-order valence-corrected chi connectivity index (χ2v) is 5.77. The second-order valence-electron chi connectivity index (χ2n) is 5.77. The Morgan fingerprint density at radius 2 is 1.60 bits per heavy atom. The third-order valence-corrected chi connectivity index (χ3v) is 3.72. The van der Waals surface area contributed by atoms with Gasteiger partial charge in [0.05, 0.1) is 6.54 Å². The molecule has 25 heavy (non-hydrogen) atoms. The summed E-state index contributed by atoms with van der Waals surface area (Å²) in [4.78, 5) is 23.9. The van der Waals surface area contributed by atoms with Crippen molar-refractivity contribution in [3.63, 3.8) is 0 Å². The maximum absolute atomic E-state index is 12.8. The SMILES string of the molecule is CCC(C)NC(=O)c1ccc(NC(=O)CNc2ccc(F)cc2)cc1. The minimum absolute atomic E-state index is 0.0574. The van der Waals surface area contributed by atoms with Gasteiger partial charge in [0.25, 0.3) is 5.91 Å². The molecule has 0 bridgehead atoms. The minimum Gasteiger partial charge on any atom is -0.376 e. The monoisotopic (exact) mass is 343 g/mol. The van der Waals surface area contributed by atoms with Crippen LogP contribution in [0.15, 0.2) is 48.5 Å². The zero-order valence-electron chi connectivity index (χ0n) is 14.3. The number of nitrogens with one attached hydrogen (secondary N) is 3. The van der Waals surface area contributed by atoms with Crippen LogP contribution in [-0.4, -0.2) is 24.4 Å². The molecule has 2 amide bonds. The molecule has 3 N–H and O–H groups in total. The molecule has 0 heterocycles. The fraction of sp³-hybridized carbons (Fsp3) is 0.263. The number of rotatable bonds is 7. The van der Waals surface area contributed by atoms with Gasteiger partial charge < -0.3 is 16.0 Å². The third-order valence-electron chi connectivity index (χ3n) is 3.72. The van der Waals surface area contributed by atoms with Gasteiger partial charge in [-0.15, -0.1) is 0 Å². The molecule has 2 aromatic carbocycles. The van der Waals surface area contributed by atoms with Crippen LogP contribution in [-0.2, 0) is 4.79 Å². The first-order valence-electron chi connectivity index (χ1n) is 8.18. The van der Waals surface area contributed by atoms with Gasteiger partial charge in [0.15, 0.2) is 0 Å². The van der Waals surface area contributed by atoms with E-state index in [0.717, 1.165) is 6.42 Å². The highest BCUT2D eigenvalue weighted by Gasteiger charge is 2.09. The average Bonchev–Trinajstić information content (AvgIpc) is 2.61. The van der Waals surface area contributed by atoms with Gasteiger partial charge in [-0.1, -0.05) is 6.92 Å². The van der Waals surface area contributed by atoms with Gasteiger partial charge in [0, 0.05) is 23.0 Å². The zero-order valence-corrected chi connectivity index (χ0v) is 14.3. The largest absolute Gasteiger partial charge is 0.376 e. The van der Waals surface area contributed by atoms with Crippen LogP contribution < -0.4 is 16.0 Å². The Kier molecular flexibility index (Phi) is 6.51. The molecular formula is C19H22FN3O2. The van der Waals surface area contributed by atoms with E-state index in [-0.39, 0.29) is 30.2 Å². The van der Waals surface area contributed by atoms with E-state index in [0.29, 0.717) is 16.9 Å². The maximum Gasteiger partial charge on any atom is 0.251 e. The lowest BCUT2D eigenvalue weighted by atomic mass is 10.1. The van der Waals surface area contributed by atoms with Gasteiger partial charge in [-0.3, -0.25) is 9.59 Å². The Morgan fingerprint density at radius 1 is 1.00 bits per heavy atom. The molecule has 0 saturated carbocycles. The normalized spacial score (nSPS) is 11.5. The van der Waals surface area contributed by atoms with E-state index in [9.17, 15) is 14.0 Å². The molecule has 1 unspecified atom stereocenters. The molecule has 0 aromatic heterocycles. The van der Waals surface area contributed by atoms with Gasteiger partial charge in [-0.25, -0.2) is 4.39 Å². The summed E-state index contributed by atoms with van der Waals surface area (Å²) >= 11 is 0. The van der Waals surface area contributed by atoms with Crippen LogP contribution in [0.5, 0.6) is 0 Å². The molecular weight excluding hydrogens is 321 g/mol. The molecule has 0 spiro atoms. The highest BCUT2D eigenvalue weighted by atomic mass is 19.1. The first-order valence-corrected chi connectivity index (χ1v) is 8.18. The highest BCUT2D eigenvalue weighted by molar-refractivity contribution is 5.96. The van der Waals surface area contributed by atoms with Crippen molar-refractivity contribution in [1.82, 2.24) is 5.32 Å². The summed E-state index contributed by atoms with van der Waals surface area (Å²) in [5, 5.41) is 8.53. The summed E-state index contributed by atoms with van der Waals surface area (Å²) in [7, 11) is 0. The first-order chi connectivity index (χ1) is 12.0. The van der Waals surface area contributed by atoms with Crippen LogP contribution in [0.25, 0.3) is 0 Å². The summed E-state index contributed by atoms with van der Waals surface area (Å²) in [6, 6.07) is 12.6. The van der Waals surface area contributed by atoms with E-state index in [1.807, 2.05) is 13.8 Å². The van der Waals surface area contributed by atoms with Crippen molar-refractivity contribution in [1.29, 1.82) is 0 Å². The van der Waals surface area contributed by atoms with E-state index < -0.39 is 0 Å². The number of anilines is 2. The summed E-state index contributed by atoms with van der Waals surface area (Å²) in [6.45, 7) is 4.01. The van der Waals surface area contributed by atoms with Crippen molar-refractivity contribution < 1.29 is 14.0 Å². The van der Waals surface area contributed by atoms with E-state index in [1.54, 1.807) is 36.4 Å². The third kappa shape index (κ3) is 5.91. The standard InChI is InChI=1S/C19H22FN3O2/c1-3-13(2)22-19(25)14-4-8-17(9-5-14)23-18(24)12-21-16-10-6-15(20)7-11-16/h4-11,13,21H,3,12H2,1-2H3,(H,22,25)(H,23,24). The Hall–Kier alpha value is -2.89. The van der Waals surface area contributed by atoms with Crippen molar-refractivity contribution >= 4 is 23.2 Å². The summed E-state index contributed by atoms with van der Waals surface area (Å²) in [5.41, 5.74) is 1.81. The minimum atomic E-state index is -0.326. The lowest BCUT2D eigenvalue weighted by molar-refractivity contribution is -0.114. The number of carbonyl (C=O) groups excluding carboxylic acids is 2. The molecule has 1 atom stereocenters. The van der Waals surface area contributed by atoms with E-state index in [4.69, 9.17) is 0 Å². The topological polar surface area (TPSA) is 70.2 Å². The molecule has 0 saturated heterocycles. The first kappa shape index (κ1) is 18.4. The van der Waals surface area contributed by atoms with Gasteiger partial charge >= 0.3 is 0 Å². The van der Waals surface area contributed by atoms with Gasteiger partial charge in [0.2, 0.25) is 5.91 Å². The summed E-state index contributed by atoms with van der Waals surface area (Å²) < 4.78 is 12.8. The fourth-order valence-corrected chi connectivity index (χ4v) is 2.07. The summed E-state index contributed by atoms with van der Waals surface area (Å²) in [5.74, 6) is -0.696. The quantitative estimate of drug-likeness (QED) is 0.721. The van der Waals surface area contributed by atoms with E-state index in [1.165, 1.54) is 12.1 Å². The van der Waals surface area contributed by atoms with Crippen LogP contribution in [0.1, 0.15) is 30.6 Å². The number of carbonyl (C=O) groups is 2. The molecule has 5 nitrogen and oxygen atoms in total. The molecule has 0 aliphatic heterocycles. The van der Waals surface area contributed by atoms with Crippen LogP contribution in [0, 0.1) is 5.82 Å². The molecule has 0 aliphatic rings. The molecule has 0 aliphatic carbocycles. The fourth-order valence-electron chi connectivity index (χ4n) is 2.07. The van der Waals surface area contributed by atoms with Crippen LogP contribution in [0.4, 0.5) is 15.8 Å². The van der Waals surface area contributed by atoms with Gasteiger partial charge in [0.1, 0.15) is 5.82 Å². The van der Waals surface area contributed by atoms with Crippen LogP contribution >= 0.6 is 0 Å². The van der Waals surface area contributed by atoms with Crippen LogP contribution in [0.2, 0.25) is 0 Å². The predicted molar refractivity (Wildman–Crippen MR) is 97.2 cm³/mol. The molecule has 0 radical (unpaired) electrons. The Labute approximate surface area is 146 Å². The Bertz CT molecular complexity index is 714. The predicted octanol–water partition coefficient (Wildman–Crippen LogP) is 3.40. The van der Waals surface area contributed by atoms with E-state index in [2.05, 4.69) is 16.0 Å². The van der Waals surface area contributed by atoms with Crippen molar-refractivity contribution in [2.24, 2.45) is 0 Å². The lowest BCUT2D eigenvalue weighted by Gasteiger charge is -2.12. The lowest BCUT2D eigenvalue weighted by Crippen LogP contribution is -2.31. The second kappa shape index (κ2) is 8.82.